The number of carbonyl (C=O) groups excluding carboxylic acids is 1. The molecule has 1 unspecified atom stereocenters. The highest BCUT2D eigenvalue weighted by Crippen LogP contribution is 2.22. The zero-order valence-corrected chi connectivity index (χ0v) is 12.1. The quantitative estimate of drug-likeness (QED) is 0.623. The molecule has 7 heteroatoms. The summed E-state index contributed by atoms with van der Waals surface area (Å²) in [6.07, 6.45) is -0.137. The Kier molecular flexibility index (Phi) is 5.91. The Balaban J connectivity index is 2.72. The monoisotopic (exact) mass is 300 g/mol. The minimum absolute atomic E-state index is 0.0819. The molecule has 0 aliphatic heterocycles. The summed E-state index contributed by atoms with van der Waals surface area (Å²) in [6, 6.07) is 3.81. The second-order valence-corrected chi connectivity index (χ2v) is 5.21. The normalized spacial score (nSPS) is 12.2. The van der Waals surface area contributed by atoms with Crippen molar-refractivity contribution >= 4 is 23.2 Å². The first-order chi connectivity index (χ1) is 9.32. The van der Waals surface area contributed by atoms with Crippen LogP contribution in [-0.4, -0.2) is 28.6 Å². The van der Waals surface area contributed by atoms with Gasteiger partial charge < -0.3 is 10.4 Å². The van der Waals surface area contributed by atoms with Gasteiger partial charge in [-0.25, -0.2) is 0 Å². The first-order valence-electron chi connectivity index (χ1n) is 6.23. The zero-order valence-electron chi connectivity index (χ0n) is 11.3. The van der Waals surface area contributed by atoms with Crippen LogP contribution >= 0.6 is 11.6 Å². The van der Waals surface area contributed by atoms with Gasteiger partial charge in [0.2, 0.25) is 0 Å². The molecule has 0 bridgehead atoms. The fourth-order valence-electron chi connectivity index (χ4n) is 1.61. The summed E-state index contributed by atoms with van der Waals surface area (Å²) in [5, 5.41) is 23.3. The molecule has 110 valence electrons. The average molecular weight is 301 g/mol. The first kappa shape index (κ1) is 16.4. The maximum absolute atomic E-state index is 11.9. The lowest BCUT2D eigenvalue weighted by Gasteiger charge is -2.14. The van der Waals surface area contributed by atoms with Gasteiger partial charge in [-0.3, -0.25) is 14.9 Å². The molecule has 0 aliphatic carbocycles. The van der Waals surface area contributed by atoms with E-state index in [2.05, 4.69) is 5.32 Å². The Morgan fingerprint density at radius 2 is 2.15 bits per heavy atom. The van der Waals surface area contributed by atoms with Crippen LogP contribution < -0.4 is 5.32 Å². The van der Waals surface area contributed by atoms with Gasteiger partial charge in [0.1, 0.15) is 5.56 Å². The lowest BCUT2D eigenvalue weighted by molar-refractivity contribution is -0.385. The largest absolute Gasteiger partial charge is 0.393 e. The number of nitro groups is 1. The molecule has 1 rings (SSSR count). The Bertz CT molecular complexity index is 505. The molecule has 0 fully saturated rings. The molecule has 1 amide bonds. The molecule has 0 radical (unpaired) electrons. The van der Waals surface area contributed by atoms with Gasteiger partial charge >= 0.3 is 0 Å². The van der Waals surface area contributed by atoms with E-state index in [1.165, 1.54) is 18.2 Å². The van der Waals surface area contributed by atoms with Gasteiger partial charge in [0.05, 0.1) is 11.0 Å². The topological polar surface area (TPSA) is 92.5 Å². The number of hydrogen-bond acceptors (Lipinski definition) is 4. The Morgan fingerprint density at radius 3 is 2.70 bits per heavy atom. The van der Waals surface area contributed by atoms with E-state index in [9.17, 15) is 20.0 Å². The van der Waals surface area contributed by atoms with Crippen LogP contribution in [0.3, 0.4) is 0 Å². The Labute approximate surface area is 121 Å². The molecule has 0 heterocycles. The van der Waals surface area contributed by atoms with Crippen molar-refractivity contribution in [1.82, 2.24) is 5.32 Å². The van der Waals surface area contributed by atoms with Crippen molar-refractivity contribution in [2.45, 2.75) is 26.4 Å². The molecule has 0 spiro atoms. The number of nitro benzene ring substituents is 1. The highest BCUT2D eigenvalue weighted by atomic mass is 35.5. The van der Waals surface area contributed by atoms with Gasteiger partial charge in [0.15, 0.2) is 0 Å². The minimum atomic E-state index is -0.631. The smallest absolute Gasteiger partial charge is 0.282 e. The fourth-order valence-corrected chi connectivity index (χ4v) is 1.78. The van der Waals surface area contributed by atoms with Gasteiger partial charge in [-0.15, -0.1) is 0 Å². The van der Waals surface area contributed by atoms with Crippen LogP contribution in [0.15, 0.2) is 18.2 Å². The fraction of sp³-hybridized carbons (Fsp3) is 0.462. The second-order valence-electron chi connectivity index (χ2n) is 4.77. The number of carbonyl (C=O) groups is 1. The molecule has 0 saturated carbocycles. The summed E-state index contributed by atoms with van der Waals surface area (Å²) in [4.78, 5) is 22.1. The number of nitrogens with one attached hydrogen (secondary N) is 1. The molecule has 0 aromatic heterocycles. The molecule has 1 aromatic carbocycles. The second kappa shape index (κ2) is 7.21. The van der Waals surface area contributed by atoms with Crippen LogP contribution in [0.5, 0.6) is 0 Å². The molecular weight excluding hydrogens is 284 g/mol. The van der Waals surface area contributed by atoms with Gasteiger partial charge in [0.25, 0.3) is 11.6 Å². The highest BCUT2D eigenvalue weighted by Gasteiger charge is 2.20. The molecule has 20 heavy (non-hydrogen) atoms. The van der Waals surface area contributed by atoms with Crippen LogP contribution in [0.2, 0.25) is 5.02 Å². The van der Waals surface area contributed by atoms with E-state index in [-0.39, 0.29) is 28.7 Å². The van der Waals surface area contributed by atoms with Crippen LogP contribution in [0, 0.1) is 16.0 Å². The van der Waals surface area contributed by atoms with Crippen molar-refractivity contribution < 1.29 is 14.8 Å². The predicted molar refractivity (Wildman–Crippen MR) is 75.9 cm³/mol. The first-order valence-corrected chi connectivity index (χ1v) is 6.61. The molecule has 6 nitrogen and oxygen atoms in total. The summed E-state index contributed by atoms with van der Waals surface area (Å²) in [5.74, 6) is -0.484. The van der Waals surface area contributed by atoms with Crippen LogP contribution in [0.4, 0.5) is 5.69 Å². The van der Waals surface area contributed by atoms with E-state index in [0.717, 1.165) is 0 Å². The van der Waals surface area contributed by atoms with Crippen LogP contribution in [0.25, 0.3) is 0 Å². The highest BCUT2D eigenvalue weighted by molar-refractivity contribution is 6.31. The predicted octanol–water partition coefficient (Wildman–Crippen LogP) is 2.39. The molecule has 0 aliphatic rings. The lowest BCUT2D eigenvalue weighted by Crippen LogP contribution is -2.29. The Morgan fingerprint density at radius 1 is 1.50 bits per heavy atom. The number of benzene rings is 1. The summed E-state index contributed by atoms with van der Waals surface area (Å²) < 4.78 is 0. The summed E-state index contributed by atoms with van der Waals surface area (Å²) in [5.41, 5.74) is -0.377. The number of rotatable bonds is 6. The number of aliphatic hydroxyl groups is 1. The summed E-state index contributed by atoms with van der Waals surface area (Å²) >= 11 is 5.75. The number of hydrogen-bond donors (Lipinski definition) is 2. The number of aliphatic hydroxyl groups excluding tert-OH is 1. The van der Waals surface area contributed by atoms with Crippen LogP contribution in [0.1, 0.15) is 30.6 Å². The summed E-state index contributed by atoms with van der Waals surface area (Å²) in [6.45, 7) is 3.98. The van der Waals surface area contributed by atoms with Crippen molar-refractivity contribution in [1.29, 1.82) is 0 Å². The molecule has 0 saturated heterocycles. The van der Waals surface area contributed by atoms with E-state index < -0.39 is 16.9 Å². The third-order valence-corrected chi connectivity index (χ3v) is 3.13. The van der Waals surface area contributed by atoms with E-state index >= 15 is 0 Å². The van der Waals surface area contributed by atoms with Gasteiger partial charge in [-0.1, -0.05) is 25.4 Å². The van der Waals surface area contributed by atoms with Crippen molar-refractivity contribution in [3.8, 4) is 0 Å². The SMILES string of the molecule is CC(C)C(O)CCNC(=O)c1cc(Cl)ccc1[N+](=O)[O-]. The van der Waals surface area contributed by atoms with Crippen molar-refractivity contribution in [2.24, 2.45) is 5.92 Å². The third-order valence-electron chi connectivity index (χ3n) is 2.90. The molecular formula is C13H17ClN2O4. The van der Waals surface area contributed by atoms with Gasteiger partial charge in [0, 0.05) is 17.6 Å². The van der Waals surface area contributed by atoms with Crippen molar-refractivity contribution in [2.75, 3.05) is 6.54 Å². The number of halogens is 1. The van der Waals surface area contributed by atoms with Crippen LogP contribution in [-0.2, 0) is 0 Å². The van der Waals surface area contributed by atoms with Gasteiger partial charge in [-0.2, -0.15) is 0 Å². The standard InChI is InChI=1S/C13H17ClN2O4/c1-8(2)12(17)5-6-15-13(18)10-7-9(14)3-4-11(10)16(19)20/h3-4,7-8,12,17H,5-6H2,1-2H3,(H,15,18). The lowest BCUT2D eigenvalue weighted by atomic mass is 10.0. The average Bonchev–Trinajstić information content (AvgIpc) is 2.37. The van der Waals surface area contributed by atoms with E-state index in [1.807, 2.05) is 13.8 Å². The van der Waals surface area contributed by atoms with E-state index in [0.29, 0.717) is 6.42 Å². The van der Waals surface area contributed by atoms with Crippen molar-refractivity contribution in [3.05, 3.63) is 38.9 Å². The third kappa shape index (κ3) is 4.47. The number of nitrogens with zero attached hydrogens (tertiary/aromatic N) is 1. The maximum atomic E-state index is 11.9. The zero-order chi connectivity index (χ0) is 15.3. The molecule has 1 aromatic rings. The van der Waals surface area contributed by atoms with E-state index in [4.69, 9.17) is 11.6 Å². The van der Waals surface area contributed by atoms with Crippen molar-refractivity contribution in [3.63, 3.8) is 0 Å². The summed E-state index contributed by atoms with van der Waals surface area (Å²) in [7, 11) is 0. The number of amides is 1. The molecule has 1 atom stereocenters. The Hall–Kier alpha value is -1.66. The maximum Gasteiger partial charge on any atom is 0.282 e. The van der Waals surface area contributed by atoms with Gasteiger partial charge in [-0.05, 0) is 24.5 Å². The minimum Gasteiger partial charge on any atom is -0.393 e. The van der Waals surface area contributed by atoms with E-state index in [1.54, 1.807) is 0 Å². The molecule has 2 N–H and O–H groups in total.